The number of rotatable bonds is 1. The van der Waals surface area contributed by atoms with Crippen molar-refractivity contribution >= 4 is 23.6 Å². The maximum absolute atomic E-state index is 9.63. The lowest BCUT2D eigenvalue weighted by molar-refractivity contribution is 0.477. The summed E-state index contributed by atoms with van der Waals surface area (Å²) in [7, 11) is 0. The van der Waals surface area contributed by atoms with Crippen LogP contribution < -0.4 is 0 Å². The zero-order valence-electron chi connectivity index (χ0n) is 8.51. The smallest absolute Gasteiger partial charge is 0.141 e. The summed E-state index contributed by atoms with van der Waals surface area (Å²) < 4.78 is 0. The number of aromatic hydroxyl groups is 1. The van der Waals surface area contributed by atoms with E-state index in [0.717, 1.165) is 16.8 Å². The van der Waals surface area contributed by atoms with Crippen LogP contribution in [-0.2, 0) is 0 Å². The van der Waals surface area contributed by atoms with Crippen molar-refractivity contribution in [2.45, 2.75) is 0 Å². The molecular formula is C13H10N2O. The first-order valence-corrected chi connectivity index (χ1v) is 5.06. The minimum Gasteiger partial charge on any atom is -0.506 e. The molecule has 3 nitrogen and oxygen atoms in total. The molecule has 78 valence electrons. The number of hydrogen-bond donors (Lipinski definition) is 2. The fourth-order valence-corrected chi connectivity index (χ4v) is 1.82. The van der Waals surface area contributed by atoms with E-state index in [-0.39, 0.29) is 5.75 Å². The van der Waals surface area contributed by atoms with Crippen LogP contribution in [0.2, 0.25) is 0 Å². The molecule has 2 aromatic rings. The summed E-state index contributed by atoms with van der Waals surface area (Å²) in [6, 6.07) is 9.36. The second-order valence-corrected chi connectivity index (χ2v) is 3.66. The lowest BCUT2D eigenvalue weighted by Crippen LogP contribution is -1.80. The Bertz CT molecular complexity index is 580. The van der Waals surface area contributed by atoms with E-state index in [0.29, 0.717) is 5.69 Å². The van der Waals surface area contributed by atoms with E-state index >= 15 is 0 Å². The van der Waals surface area contributed by atoms with Gasteiger partial charge in [0, 0.05) is 29.2 Å². The Kier molecular flexibility index (Phi) is 1.90. The molecule has 1 aliphatic rings. The summed E-state index contributed by atoms with van der Waals surface area (Å²) in [4.78, 5) is 7.31. The van der Waals surface area contributed by atoms with E-state index in [1.165, 1.54) is 0 Å². The maximum atomic E-state index is 9.63. The van der Waals surface area contributed by atoms with Crippen LogP contribution in [-0.4, -0.2) is 16.3 Å². The molecule has 0 fully saturated rings. The zero-order valence-corrected chi connectivity index (χ0v) is 8.51. The van der Waals surface area contributed by atoms with Gasteiger partial charge < -0.3 is 10.1 Å². The predicted molar refractivity (Wildman–Crippen MR) is 64.9 cm³/mol. The van der Waals surface area contributed by atoms with Gasteiger partial charge in [-0.2, -0.15) is 0 Å². The SMILES string of the molecule is Oc1cccc2c1N=CC2=Cc1ccc[nH]1. The van der Waals surface area contributed by atoms with Crippen molar-refractivity contribution in [3.05, 3.63) is 47.8 Å². The molecule has 0 atom stereocenters. The summed E-state index contributed by atoms with van der Waals surface area (Å²) in [5, 5.41) is 9.63. The van der Waals surface area contributed by atoms with Crippen molar-refractivity contribution in [2.75, 3.05) is 0 Å². The quantitative estimate of drug-likeness (QED) is 0.746. The molecule has 3 rings (SSSR count). The van der Waals surface area contributed by atoms with Crippen LogP contribution in [0.15, 0.2) is 41.5 Å². The van der Waals surface area contributed by atoms with Gasteiger partial charge in [0.25, 0.3) is 0 Å². The highest BCUT2D eigenvalue weighted by atomic mass is 16.3. The molecule has 0 bridgehead atoms. The highest BCUT2D eigenvalue weighted by Crippen LogP contribution is 2.38. The van der Waals surface area contributed by atoms with E-state index < -0.39 is 0 Å². The molecule has 0 aliphatic carbocycles. The third-order valence-corrected chi connectivity index (χ3v) is 2.59. The molecule has 0 saturated heterocycles. The zero-order chi connectivity index (χ0) is 11.0. The molecule has 0 saturated carbocycles. The number of aromatic amines is 1. The van der Waals surface area contributed by atoms with Crippen LogP contribution in [0.3, 0.4) is 0 Å². The molecule has 1 aliphatic heterocycles. The summed E-state index contributed by atoms with van der Waals surface area (Å²) in [6.45, 7) is 0. The average Bonchev–Trinajstić information content (AvgIpc) is 2.90. The van der Waals surface area contributed by atoms with E-state index in [1.54, 1.807) is 12.3 Å². The van der Waals surface area contributed by atoms with Gasteiger partial charge in [-0.3, -0.25) is 4.99 Å². The fourth-order valence-electron chi connectivity index (χ4n) is 1.82. The van der Waals surface area contributed by atoms with Crippen molar-refractivity contribution in [2.24, 2.45) is 4.99 Å². The van der Waals surface area contributed by atoms with Gasteiger partial charge >= 0.3 is 0 Å². The molecule has 2 heterocycles. The van der Waals surface area contributed by atoms with Gasteiger partial charge in [0.05, 0.1) is 0 Å². The number of benzene rings is 1. The van der Waals surface area contributed by atoms with E-state index in [9.17, 15) is 5.11 Å². The number of hydrogen-bond acceptors (Lipinski definition) is 2. The monoisotopic (exact) mass is 210 g/mol. The number of allylic oxidation sites excluding steroid dienone is 1. The first-order valence-electron chi connectivity index (χ1n) is 5.06. The van der Waals surface area contributed by atoms with Crippen LogP contribution in [0.5, 0.6) is 5.75 Å². The second-order valence-electron chi connectivity index (χ2n) is 3.66. The van der Waals surface area contributed by atoms with E-state index in [1.807, 2.05) is 36.5 Å². The lowest BCUT2D eigenvalue weighted by atomic mass is 10.1. The fraction of sp³-hybridized carbons (Fsp3) is 0. The van der Waals surface area contributed by atoms with Gasteiger partial charge in [0.2, 0.25) is 0 Å². The van der Waals surface area contributed by atoms with Crippen molar-refractivity contribution in [1.29, 1.82) is 0 Å². The Balaban J connectivity index is 2.11. The van der Waals surface area contributed by atoms with Crippen LogP contribution >= 0.6 is 0 Å². The molecule has 1 aromatic heterocycles. The first-order chi connectivity index (χ1) is 7.84. The number of para-hydroxylation sites is 1. The van der Waals surface area contributed by atoms with Gasteiger partial charge in [-0.25, -0.2) is 0 Å². The Morgan fingerprint density at radius 1 is 1.19 bits per heavy atom. The third-order valence-electron chi connectivity index (χ3n) is 2.59. The number of H-pyrrole nitrogens is 1. The highest BCUT2D eigenvalue weighted by molar-refractivity contribution is 6.21. The Labute approximate surface area is 92.8 Å². The minimum atomic E-state index is 0.226. The van der Waals surface area contributed by atoms with Gasteiger partial charge in [-0.05, 0) is 24.3 Å². The number of aliphatic imine (C=N–C) groups is 1. The first kappa shape index (κ1) is 8.97. The Morgan fingerprint density at radius 3 is 2.94 bits per heavy atom. The Hall–Kier alpha value is -2.29. The summed E-state index contributed by atoms with van der Waals surface area (Å²) in [6.07, 6.45) is 5.65. The number of phenols is 1. The van der Waals surface area contributed by atoms with E-state index in [4.69, 9.17) is 0 Å². The second kappa shape index (κ2) is 3.38. The standard InChI is InChI=1S/C13H10N2O/c16-12-5-1-4-11-9(8-15-13(11)12)7-10-3-2-6-14-10/h1-8,14,16H. The van der Waals surface area contributed by atoms with Crippen molar-refractivity contribution in [3.63, 3.8) is 0 Å². The van der Waals surface area contributed by atoms with Crippen LogP contribution in [0.4, 0.5) is 5.69 Å². The van der Waals surface area contributed by atoms with Crippen LogP contribution in [0.25, 0.3) is 11.6 Å². The molecule has 3 heteroatoms. The van der Waals surface area contributed by atoms with Crippen LogP contribution in [0.1, 0.15) is 11.3 Å². The number of phenolic OH excluding ortho intramolecular Hbond substituents is 1. The number of fused-ring (bicyclic) bond motifs is 1. The van der Waals surface area contributed by atoms with Crippen molar-refractivity contribution < 1.29 is 5.11 Å². The molecule has 0 spiro atoms. The van der Waals surface area contributed by atoms with Gasteiger partial charge in [0.1, 0.15) is 11.4 Å². The normalized spacial score (nSPS) is 15.6. The van der Waals surface area contributed by atoms with Crippen LogP contribution in [0, 0.1) is 0 Å². The molecule has 16 heavy (non-hydrogen) atoms. The largest absolute Gasteiger partial charge is 0.506 e. The number of aromatic nitrogens is 1. The van der Waals surface area contributed by atoms with E-state index in [2.05, 4.69) is 9.98 Å². The predicted octanol–water partition coefficient (Wildman–Crippen LogP) is 2.98. The number of nitrogens with one attached hydrogen (secondary N) is 1. The maximum Gasteiger partial charge on any atom is 0.141 e. The van der Waals surface area contributed by atoms with Crippen molar-refractivity contribution in [3.8, 4) is 5.75 Å². The average molecular weight is 210 g/mol. The molecule has 2 N–H and O–H groups in total. The van der Waals surface area contributed by atoms with Gasteiger partial charge in [0.15, 0.2) is 0 Å². The van der Waals surface area contributed by atoms with Crippen molar-refractivity contribution in [1.82, 2.24) is 4.98 Å². The molecule has 0 unspecified atom stereocenters. The highest BCUT2D eigenvalue weighted by Gasteiger charge is 2.14. The van der Waals surface area contributed by atoms with Gasteiger partial charge in [-0.1, -0.05) is 12.1 Å². The molecular weight excluding hydrogens is 200 g/mol. The lowest BCUT2D eigenvalue weighted by Gasteiger charge is -2.00. The molecule has 0 radical (unpaired) electrons. The molecule has 0 amide bonds. The minimum absolute atomic E-state index is 0.226. The summed E-state index contributed by atoms with van der Waals surface area (Å²) in [5.74, 6) is 0.226. The molecule has 1 aromatic carbocycles. The summed E-state index contributed by atoms with van der Waals surface area (Å²) in [5.41, 5.74) is 3.65. The van der Waals surface area contributed by atoms with Gasteiger partial charge in [-0.15, -0.1) is 0 Å². The topological polar surface area (TPSA) is 48.4 Å². The third kappa shape index (κ3) is 1.34. The summed E-state index contributed by atoms with van der Waals surface area (Å²) >= 11 is 0. The number of nitrogens with zero attached hydrogens (tertiary/aromatic N) is 1. The Morgan fingerprint density at radius 2 is 2.12 bits per heavy atom.